The maximum Gasteiger partial charge on any atom is 0.271 e. The maximum absolute atomic E-state index is 12.1. The van der Waals surface area contributed by atoms with Crippen molar-refractivity contribution in [2.75, 3.05) is 33.3 Å². The van der Waals surface area contributed by atoms with Gasteiger partial charge in [0.1, 0.15) is 5.69 Å². The number of hydrogen-bond acceptors (Lipinski definition) is 5. The number of nitrogens with zero attached hydrogens (tertiary/aromatic N) is 4. The summed E-state index contributed by atoms with van der Waals surface area (Å²) in [6.45, 7) is 3.80. The van der Waals surface area contributed by atoms with Gasteiger partial charge in [0.2, 0.25) is 5.88 Å². The van der Waals surface area contributed by atoms with E-state index in [9.17, 15) is 4.79 Å². The van der Waals surface area contributed by atoms with Crippen LogP contribution in [0.3, 0.4) is 0 Å². The fourth-order valence-corrected chi connectivity index (χ4v) is 2.68. The molecule has 1 fully saturated rings. The van der Waals surface area contributed by atoms with Crippen LogP contribution < -0.4 is 10.1 Å². The minimum absolute atomic E-state index is 0.165. The number of imidazole rings is 1. The molecule has 0 unspecified atom stereocenters. The molecule has 0 spiro atoms. The maximum atomic E-state index is 12.1. The highest BCUT2D eigenvalue weighted by Gasteiger charge is 2.13. The Labute approximate surface area is 129 Å². The summed E-state index contributed by atoms with van der Waals surface area (Å²) in [6.07, 6.45) is 5.45. The summed E-state index contributed by atoms with van der Waals surface area (Å²) >= 11 is 0. The van der Waals surface area contributed by atoms with E-state index < -0.39 is 0 Å². The Kier molecular flexibility index (Phi) is 4.53. The largest absolute Gasteiger partial charge is 0.480 e. The van der Waals surface area contributed by atoms with Crippen LogP contribution in [0.5, 0.6) is 5.88 Å². The number of carbonyl (C=O) groups excluding carboxylic acids is 1. The van der Waals surface area contributed by atoms with Gasteiger partial charge in [0, 0.05) is 19.2 Å². The zero-order valence-corrected chi connectivity index (χ0v) is 12.8. The minimum Gasteiger partial charge on any atom is -0.480 e. The zero-order valence-electron chi connectivity index (χ0n) is 12.8. The molecule has 1 saturated heterocycles. The molecule has 0 aliphatic carbocycles. The van der Waals surface area contributed by atoms with E-state index in [1.165, 1.54) is 19.3 Å². The van der Waals surface area contributed by atoms with Crippen molar-refractivity contribution in [2.24, 2.45) is 0 Å². The number of rotatable bonds is 5. The van der Waals surface area contributed by atoms with Crippen molar-refractivity contribution in [3.05, 3.63) is 24.0 Å². The summed E-state index contributed by atoms with van der Waals surface area (Å²) in [4.78, 5) is 18.8. The first kappa shape index (κ1) is 14.8. The first-order valence-electron chi connectivity index (χ1n) is 7.67. The average molecular weight is 303 g/mol. The third-order valence-corrected chi connectivity index (χ3v) is 3.90. The van der Waals surface area contributed by atoms with E-state index in [4.69, 9.17) is 4.74 Å². The van der Waals surface area contributed by atoms with Gasteiger partial charge in [0.15, 0.2) is 5.65 Å². The molecule has 0 saturated carbocycles. The van der Waals surface area contributed by atoms with Crippen LogP contribution in [0, 0.1) is 0 Å². The van der Waals surface area contributed by atoms with Crippen molar-refractivity contribution in [1.82, 2.24) is 24.8 Å². The van der Waals surface area contributed by atoms with Crippen LogP contribution >= 0.6 is 0 Å². The van der Waals surface area contributed by atoms with Gasteiger partial charge < -0.3 is 15.0 Å². The van der Waals surface area contributed by atoms with E-state index in [1.54, 1.807) is 30.0 Å². The van der Waals surface area contributed by atoms with Gasteiger partial charge >= 0.3 is 0 Å². The van der Waals surface area contributed by atoms with Crippen LogP contribution in [0.15, 0.2) is 18.3 Å². The number of likely N-dealkylation sites (tertiary alicyclic amines) is 1. The minimum atomic E-state index is -0.165. The van der Waals surface area contributed by atoms with Crippen molar-refractivity contribution in [1.29, 1.82) is 0 Å². The van der Waals surface area contributed by atoms with Crippen molar-refractivity contribution in [3.63, 3.8) is 0 Å². The van der Waals surface area contributed by atoms with E-state index in [1.807, 2.05) is 0 Å². The smallest absolute Gasteiger partial charge is 0.271 e. The Morgan fingerprint density at radius 2 is 2.14 bits per heavy atom. The molecule has 2 aromatic rings. The SMILES string of the molecule is COc1ccc2nc(C(=O)NCCN3CCCCC3)cn2n1. The Morgan fingerprint density at radius 3 is 2.91 bits per heavy atom. The molecule has 7 heteroatoms. The van der Waals surface area contributed by atoms with Gasteiger partial charge in [0.05, 0.1) is 13.3 Å². The van der Waals surface area contributed by atoms with Gasteiger partial charge in [-0.25, -0.2) is 9.50 Å². The lowest BCUT2D eigenvalue weighted by atomic mass is 10.1. The summed E-state index contributed by atoms with van der Waals surface area (Å²) in [5.41, 5.74) is 1.00. The topological polar surface area (TPSA) is 71.8 Å². The second-order valence-corrected chi connectivity index (χ2v) is 5.46. The molecule has 0 bridgehead atoms. The number of aromatic nitrogens is 3. The molecule has 0 atom stereocenters. The number of piperidine rings is 1. The van der Waals surface area contributed by atoms with Crippen LogP contribution in [-0.2, 0) is 0 Å². The predicted octanol–water partition coefficient (Wildman–Crippen LogP) is 0.954. The number of nitrogens with one attached hydrogen (secondary N) is 1. The van der Waals surface area contributed by atoms with Crippen molar-refractivity contribution in [3.8, 4) is 5.88 Å². The summed E-state index contributed by atoms with van der Waals surface area (Å²) < 4.78 is 6.61. The standard InChI is InChI=1S/C15H21N5O2/c1-22-14-6-5-13-17-12(11-20(13)18-14)15(21)16-7-10-19-8-3-2-4-9-19/h5-6,11H,2-4,7-10H2,1H3,(H,16,21). The second-order valence-electron chi connectivity index (χ2n) is 5.46. The highest BCUT2D eigenvalue weighted by Crippen LogP contribution is 2.09. The number of carbonyl (C=O) groups is 1. The molecule has 1 amide bonds. The van der Waals surface area contributed by atoms with E-state index in [0.29, 0.717) is 23.8 Å². The number of fused-ring (bicyclic) bond motifs is 1. The number of methoxy groups -OCH3 is 1. The summed E-state index contributed by atoms with van der Waals surface area (Å²) in [5.74, 6) is 0.323. The lowest BCUT2D eigenvalue weighted by molar-refractivity contribution is 0.0942. The van der Waals surface area contributed by atoms with Gasteiger partial charge in [0.25, 0.3) is 5.91 Å². The highest BCUT2D eigenvalue weighted by molar-refractivity contribution is 5.92. The van der Waals surface area contributed by atoms with Crippen LogP contribution in [-0.4, -0.2) is 58.7 Å². The summed E-state index contributed by atoms with van der Waals surface area (Å²) in [5, 5.41) is 7.11. The molecular formula is C15H21N5O2. The van der Waals surface area contributed by atoms with Gasteiger partial charge in [-0.2, -0.15) is 0 Å². The number of ether oxygens (including phenoxy) is 1. The fourth-order valence-electron chi connectivity index (χ4n) is 2.68. The second kappa shape index (κ2) is 6.74. The Morgan fingerprint density at radius 1 is 1.32 bits per heavy atom. The van der Waals surface area contributed by atoms with Crippen molar-refractivity contribution >= 4 is 11.6 Å². The average Bonchev–Trinajstić information content (AvgIpc) is 2.99. The predicted molar refractivity (Wildman–Crippen MR) is 82.2 cm³/mol. The lowest BCUT2D eigenvalue weighted by Gasteiger charge is -2.26. The molecule has 0 radical (unpaired) electrons. The third-order valence-electron chi connectivity index (χ3n) is 3.90. The van der Waals surface area contributed by atoms with Crippen LogP contribution in [0.4, 0.5) is 0 Å². The molecule has 22 heavy (non-hydrogen) atoms. The molecule has 3 heterocycles. The van der Waals surface area contributed by atoms with E-state index in [2.05, 4.69) is 20.3 Å². The zero-order chi connectivity index (χ0) is 15.4. The monoisotopic (exact) mass is 303 g/mol. The Hall–Kier alpha value is -2.15. The summed E-state index contributed by atoms with van der Waals surface area (Å²) in [7, 11) is 1.55. The lowest BCUT2D eigenvalue weighted by Crippen LogP contribution is -2.37. The molecule has 7 nitrogen and oxygen atoms in total. The van der Waals surface area contributed by atoms with Gasteiger partial charge in [-0.05, 0) is 32.0 Å². The van der Waals surface area contributed by atoms with Crippen LogP contribution in [0.2, 0.25) is 0 Å². The Balaban J connectivity index is 1.57. The number of amides is 1. The van der Waals surface area contributed by atoms with Gasteiger partial charge in [-0.1, -0.05) is 6.42 Å². The molecule has 1 aliphatic rings. The molecule has 1 aliphatic heterocycles. The number of hydrogen-bond donors (Lipinski definition) is 1. The summed E-state index contributed by atoms with van der Waals surface area (Å²) in [6, 6.07) is 3.50. The van der Waals surface area contributed by atoms with E-state index >= 15 is 0 Å². The normalized spacial score (nSPS) is 15.9. The molecule has 3 rings (SSSR count). The van der Waals surface area contributed by atoms with Crippen molar-refractivity contribution in [2.45, 2.75) is 19.3 Å². The van der Waals surface area contributed by atoms with Gasteiger partial charge in [-0.15, -0.1) is 5.10 Å². The first-order valence-corrected chi connectivity index (χ1v) is 7.67. The molecule has 1 N–H and O–H groups in total. The quantitative estimate of drug-likeness (QED) is 0.890. The van der Waals surface area contributed by atoms with Gasteiger partial charge in [-0.3, -0.25) is 4.79 Å². The van der Waals surface area contributed by atoms with E-state index in [-0.39, 0.29) is 5.91 Å². The fraction of sp³-hybridized carbons (Fsp3) is 0.533. The molecule has 118 valence electrons. The van der Waals surface area contributed by atoms with Crippen LogP contribution in [0.25, 0.3) is 5.65 Å². The third kappa shape index (κ3) is 3.36. The highest BCUT2D eigenvalue weighted by atomic mass is 16.5. The van der Waals surface area contributed by atoms with E-state index in [0.717, 1.165) is 19.6 Å². The molecular weight excluding hydrogens is 282 g/mol. The molecule has 2 aromatic heterocycles. The molecule has 0 aromatic carbocycles. The Bertz CT molecular complexity index is 648. The first-order chi connectivity index (χ1) is 10.8. The van der Waals surface area contributed by atoms with Crippen LogP contribution in [0.1, 0.15) is 29.8 Å². The van der Waals surface area contributed by atoms with Crippen molar-refractivity contribution < 1.29 is 9.53 Å².